The maximum absolute atomic E-state index is 12.6. The van der Waals surface area contributed by atoms with E-state index in [1.54, 1.807) is 4.90 Å². The first kappa shape index (κ1) is 16.1. The maximum atomic E-state index is 12.6. The van der Waals surface area contributed by atoms with E-state index < -0.39 is 0 Å². The molecule has 8 nitrogen and oxygen atoms in total. The van der Waals surface area contributed by atoms with E-state index in [0.29, 0.717) is 31.0 Å². The summed E-state index contributed by atoms with van der Waals surface area (Å²) in [5.74, 6) is 1.61. The van der Waals surface area contributed by atoms with Crippen molar-refractivity contribution < 1.29 is 19.0 Å². The molecule has 1 aromatic heterocycles. The van der Waals surface area contributed by atoms with E-state index in [1.165, 1.54) is 12.4 Å². The molecule has 0 saturated carbocycles. The molecule has 1 saturated heterocycles. The van der Waals surface area contributed by atoms with Crippen molar-refractivity contribution >= 4 is 5.91 Å². The van der Waals surface area contributed by atoms with E-state index in [2.05, 4.69) is 9.97 Å². The van der Waals surface area contributed by atoms with Gasteiger partial charge in [-0.3, -0.25) is 4.79 Å². The summed E-state index contributed by atoms with van der Waals surface area (Å²) < 4.78 is 16.4. The number of rotatable bonds is 4. The standard InChI is InChI=1S/C18H16N4O4/c19-9-14-18(21-5-4-20-14)26-13-3-6-22(10-13)17(23)8-12-1-2-15-16(7-12)25-11-24-15/h1-2,4-5,7,13H,3,6,8,10-11H2/t13-/m1/s1. The average Bonchev–Trinajstić information content (AvgIpc) is 3.31. The lowest BCUT2D eigenvalue weighted by molar-refractivity contribution is -0.129. The zero-order valence-corrected chi connectivity index (χ0v) is 13.9. The number of carbonyl (C=O) groups excluding carboxylic acids is 1. The molecular formula is C18H16N4O4. The van der Waals surface area contributed by atoms with Crippen LogP contribution >= 0.6 is 0 Å². The summed E-state index contributed by atoms with van der Waals surface area (Å²) in [6.07, 6.45) is 3.71. The number of amides is 1. The Kier molecular flexibility index (Phi) is 4.27. The molecule has 2 aromatic rings. The van der Waals surface area contributed by atoms with Gasteiger partial charge in [-0.25, -0.2) is 9.97 Å². The number of carbonyl (C=O) groups is 1. The predicted molar refractivity (Wildman–Crippen MR) is 88.6 cm³/mol. The molecule has 132 valence electrons. The average molecular weight is 352 g/mol. The lowest BCUT2D eigenvalue weighted by Crippen LogP contribution is -2.32. The highest BCUT2D eigenvalue weighted by Gasteiger charge is 2.29. The zero-order valence-electron chi connectivity index (χ0n) is 13.9. The van der Waals surface area contributed by atoms with E-state index in [9.17, 15) is 4.79 Å². The SMILES string of the molecule is N#Cc1nccnc1O[C@@H]1CCN(C(=O)Cc2ccc3c(c2)OCO3)C1. The largest absolute Gasteiger partial charge is 0.470 e. The first-order chi connectivity index (χ1) is 12.7. The number of nitriles is 1. The van der Waals surface area contributed by atoms with Gasteiger partial charge in [0.15, 0.2) is 11.5 Å². The predicted octanol–water partition coefficient (Wildman–Crippen LogP) is 1.30. The van der Waals surface area contributed by atoms with Crippen LogP contribution in [0.1, 0.15) is 17.7 Å². The molecule has 26 heavy (non-hydrogen) atoms. The molecule has 1 atom stereocenters. The topological polar surface area (TPSA) is 97.6 Å². The zero-order chi connectivity index (χ0) is 17.9. The van der Waals surface area contributed by atoms with Crippen molar-refractivity contribution in [3.63, 3.8) is 0 Å². The van der Waals surface area contributed by atoms with Crippen LogP contribution in [0.5, 0.6) is 17.4 Å². The van der Waals surface area contributed by atoms with Crippen molar-refractivity contribution in [3.05, 3.63) is 41.9 Å². The Bertz CT molecular complexity index is 880. The minimum absolute atomic E-state index is 0.0228. The molecule has 0 unspecified atom stereocenters. The lowest BCUT2D eigenvalue weighted by atomic mass is 10.1. The first-order valence-corrected chi connectivity index (χ1v) is 8.27. The van der Waals surface area contributed by atoms with Gasteiger partial charge in [0.1, 0.15) is 12.2 Å². The highest BCUT2D eigenvalue weighted by molar-refractivity contribution is 5.79. The third kappa shape index (κ3) is 3.24. The maximum Gasteiger partial charge on any atom is 0.251 e. The van der Waals surface area contributed by atoms with Crippen LogP contribution in [-0.4, -0.2) is 46.8 Å². The molecule has 8 heteroatoms. The van der Waals surface area contributed by atoms with Crippen LogP contribution in [0.2, 0.25) is 0 Å². The third-order valence-electron chi connectivity index (χ3n) is 4.34. The number of ether oxygens (including phenoxy) is 3. The molecule has 2 aliphatic rings. The second-order valence-electron chi connectivity index (χ2n) is 6.05. The number of nitrogens with zero attached hydrogens (tertiary/aromatic N) is 4. The second-order valence-corrected chi connectivity index (χ2v) is 6.05. The summed E-state index contributed by atoms with van der Waals surface area (Å²) >= 11 is 0. The van der Waals surface area contributed by atoms with Gasteiger partial charge in [0, 0.05) is 25.4 Å². The van der Waals surface area contributed by atoms with Gasteiger partial charge >= 0.3 is 0 Å². The number of hydrogen-bond donors (Lipinski definition) is 0. The van der Waals surface area contributed by atoms with Crippen molar-refractivity contribution in [2.24, 2.45) is 0 Å². The van der Waals surface area contributed by atoms with Gasteiger partial charge in [0.05, 0.1) is 13.0 Å². The van der Waals surface area contributed by atoms with Gasteiger partial charge in [0.25, 0.3) is 5.88 Å². The van der Waals surface area contributed by atoms with Crippen LogP contribution in [0.3, 0.4) is 0 Å². The van der Waals surface area contributed by atoms with E-state index in [4.69, 9.17) is 19.5 Å². The molecule has 2 aliphatic heterocycles. The number of hydrogen-bond acceptors (Lipinski definition) is 7. The normalized spacial score (nSPS) is 17.8. The minimum Gasteiger partial charge on any atom is -0.470 e. The summed E-state index contributed by atoms with van der Waals surface area (Å²) in [5, 5.41) is 9.05. The van der Waals surface area contributed by atoms with Gasteiger partial charge in [-0.1, -0.05) is 6.07 Å². The van der Waals surface area contributed by atoms with Crippen molar-refractivity contribution in [3.8, 4) is 23.4 Å². The number of benzene rings is 1. The summed E-state index contributed by atoms with van der Waals surface area (Å²) in [7, 11) is 0. The van der Waals surface area contributed by atoms with Crippen LogP contribution in [0.25, 0.3) is 0 Å². The fraction of sp³-hybridized carbons (Fsp3) is 0.333. The van der Waals surface area contributed by atoms with Crippen LogP contribution in [0, 0.1) is 11.3 Å². The number of fused-ring (bicyclic) bond motifs is 1. The van der Waals surface area contributed by atoms with Crippen molar-refractivity contribution in [1.29, 1.82) is 5.26 Å². The van der Waals surface area contributed by atoms with E-state index in [0.717, 1.165) is 5.56 Å². The summed E-state index contributed by atoms with van der Waals surface area (Å²) in [4.78, 5) is 22.3. The monoisotopic (exact) mass is 352 g/mol. The van der Waals surface area contributed by atoms with Crippen LogP contribution < -0.4 is 14.2 Å². The third-order valence-corrected chi connectivity index (χ3v) is 4.34. The number of aromatic nitrogens is 2. The molecule has 0 bridgehead atoms. The Hall–Kier alpha value is -3.34. The van der Waals surface area contributed by atoms with Crippen molar-refractivity contribution in [2.75, 3.05) is 19.9 Å². The Morgan fingerprint density at radius 2 is 2.15 bits per heavy atom. The van der Waals surface area contributed by atoms with Gasteiger partial charge in [0.2, 0.25) is 18.4 Å². The van der Waals surface area contributed by atoms with Gasteiger partial charge in [-0.15, -0.1) is 0 Å². The first-order valence-electron chi connectivity index (χ1n) is 8.27. The highest BCUT2D eigenvalue weighted by Crippen LogP contribution is 2.32. The Morgan fingerprint density at radius 3 is 3.04 bits per heavy atom. The molecule has 3 heterocycles. The molecule has 1 fully saturated rings. The molecular weight excluding hydrogens is 336 g/mol. The van der Waals surface area contributed by atoms with Crippen LogP contribution in [-0.2, 0) is 11.2 Å². The molecule has 1 amide bonds. The summed E-state index contributed by atoms with van der Waals surface area (Å²) in [5.41, 5.74) is 1.03. The molecule has 0 aliphatic carbocycles. The van der Waals surface area contributed by atoms with E-state index >= 15 is 0 Å². The minimum atomic E-state index is -0.195. The van der Waals surface area contributed by atoms with Gasteiger partial charge < -0.3 is 19.1 Å². The fourth-order valence-electron chi connectivity index (χ4n) is 3.03. The molecule has 0 radical (unpaired) electrons. The Balaban J connectivity index is 1.36. The van der Waals surface area contributed by atoms with Crippen molar-refractivity contribution in [2.45, 2.75) is 18.9 Å². The molecule has 0 spiro atoms. The lowest BCUT2D eigenvalue weighted by Gasteiger charge is -2.17. The smallest absolute Gasteiger partial charge is 0.251 e. The second kappa shape index (κ2) is 6.88. The molecule has 4 rings (SSSR count). The Morgan fingerprint density at radius 1 is 1.31 bits per heavy atom. The van der Waals surface area contributed by atoms with E-state index in [1.807, 2.05) is 24.3 Å². The fourth-order valence-corrected chi connectivity index (χ4v) is 3.03. The van der Waals surface area contributed by atoms with Gasteiger partial charge in [-0.2, -0.15) is 5.26 Å². The summed E-state index contributed by atoms with van der Waals surface area (Å²) in [6, 6.07) is 7.48. The van der Waals surface area contributed by atoms with Crippen molar-refractivity contribution in [1.82, 2.24) is 14.9 Å². The molecule has 0 N–H and O–H groups in total. The number of likely N-dealkylation sites (tertiary alicyclic amines) is 1. The van der Waals surface area contributed by atoms with Crippen LogP contribution in [0.4, 0.5) is 0 Å². The summed E-state index contributed by atoms with van der Waals surface area (Å²) in [6.45, 7) is 1.28. The van der Waals surface area contributed by atoms with E-state index in [-0.39, 0.29) is 36.8 Å². The van der Waals surface area contributed by atoms with Gasteiger partial charge in [-0.05, 0) is 17.7 Å². The quantitative estimate of drug-likeness (QED) is 0.818. The highest BCUT2D eigenvalue weighted by atomic mass is 16.7. The molecule has 1 aromatic carbocycles. The Labute approximate surface area is 149 Å². The van der Waals surface area contributed by atoms with Crippen LogP contribution in [0.15, 0.2) is 30.6 Å².